The van der Waals surface area contributed by atoms with Crippen molar-refractivity contribution in [2.45, 2.75) is 12.8 Å². The van der Waals surface area contributed by atoms with Gasteiger partial charge in [0.15, 0.2) is 0 Å². The number of hydrogen-bond acceptors (Lipinski definition) is 1. The van der Waals surface area contributed by atoms with Gasteiger partial charge in [0, 0.05) is 12.7 Å². The summed E-state index contributed by atoms with van der Waals surface area (Å²) in [6.07, 6.45) is -4.45. The Labute approximate surface area is 78.3 Å². The number of hydrogen-bond donors (Lipinski definition) is 0. The van der Waals surface area contributed by atoms with Crippen LogP contribution in [0.15, 0.2) is 18.2 Å². The predicted octanol–water partition coefficient (Wildman–Crippen LogP) is 2.99. The van der Waals surface area contributed by atoms with E-state index in [-0.39, 0.29) is 12.2 Å². The van der Waals surface area contributed by atoms with Gasteiger partial charge in [-0.1, -0.05) is 0 Å². The van der Waals surface area contributed by atoms with Crippen molar-refractivity contribution in [1.29, 1.82) is 0 Å². The van der Waals surface area contributed by atoms with Gasteiger partial charge < -0.3 is 4.74 Å². The van der Waals surface area contributed by atoms with Crippen molar-refractivity contribution in [2.75, 3.05) is 7.11 Å². The van der Waals surface area contributed by atoms with Gasteiger partial charge >= 0.3 is 6.18 Å². The summed E-state index contributed by atoms with van der Waals surface area (Å²) in [6.45, 7) is -0.171. The molecule has 0 aliphatic carbocycles. The molecule has 0 fully saturated rings. The van der Waals surface area contributed by atoms with Crippen LogP contribution in [0.2, 0.25) is 0 Å². The van der Waals surface area contributed by atoms with Crippen molar-refractivity contribution in [3.8, 4) is 0 Å². The third kappa shape index (κ3) is 2.45. The molecule has 0 amide bonds. The van der Waals surface area contributed by atoms with E-state index in [0.717, 1.165) is 12.1 Å². The number of methoxy groups -OCH3 is 1. The van der Waals surface area contributed by atoms with Crippen molar-refractivity contribution in [1.82, 2.24) is 0 Å². The molecule has 0 aliphatic heterocycles. The molecule has 1 aromatic rings. The monoisotopic (exact) mass is 208 g/mol. The molecule has 0 aromatic heterocycles. The first kappa shape index (κ1) is 11.0. The molecular formula is C9H8F4O. The van der Waals surface area contributed by atoms with Crippen LogP contribution in [0.3, 0.4) is 0 Å². The minimum Gasteiger partial charge on any atom is -0.380 e. The van der Waals surface area contributed by atoms with Crippen LogP contribution < -0.4 is 0 Å². The van der Waals surface area contributed by atoms with E-state index in [2.05, 4.69) is 4.74 Å². The van der Waals surface area contributed by atoms with Gasteiger partial charge in [-0.05, 0) is 18.2 Å². The molecule has 0 N–H and O–H groups in total. The molecule has 0 saturated heterocycles. The van der Waals surface area contributed by atoms with Gasteiger partial charge in [0.1, 0.15) is 5.82 Å². The van der Waals surface area contributed by atoms with E-state index in [0.29, 0.717) is 6.07 Å². The molecule has 0 radical (unpaired) electrons. The van der Waals surface area contributed by atoms with Crippen LogP contribution in [0.4, 0.5) is 17.6 Å². The fraction of sp³-hybridized carbons (Fsp3) is 0.333. The zero-order valence-corrected chi connectivity index (χ0v) is 7.36. The highest BCUT2D eigenvalue weighted by Gasteiger charge is 2.30. The minimum atomic E-state index is -4.45. The summed E-state index contributed by atoms with van der Waals surface area (Å²) < 4.78 is 54.0. The Bertz CT molecular complexity index is 319. The van der Waals surface area contributed by atoms with E-state index in [1.165, 1.54) is 7.11 Å². The van der Waals surface area contributed by atoms with Gasteiger partial charge in [0.2, 0.25) is 0 Å². The fourth-order valence-corrected chi connectivity index (χ4v) is 1.02. The summed E-state index contributed by atoms with van der Waals surface area (Å²) >= 11 is 0. The molecule has 1 rings (SSSR count). The van der Waals surface area contributed by atoms with Crippen LogP contribution >= 0.6 is 0 Å². The number of rotatable bonds is 2. The van der Waals surface area contributed by atoms with Crippen molar-refractivity contribution in [2.24, 2.45) is 0 Å². The lowest BCUT2D eigenvalue weighted by Crippen LogP contribution is -2.06. The molecule has 0 unspecified atom stereocenters. The molecule has 0 heterocycles. The molecule has 1 nitrogen and oxygen atoms in total. The Hall–Kier alpha value is -1.10. The quantitative estimate of drug-likeness (QED) is 0.679. The summed E-state index contributed by atoms with van der Waals surface area (Å²) in [5, 5.41) is 0. The van der Waals surface area contributed by atoms with Gasteiger partial charge in [-0.3, -0.25) is 0 Å². The molecule has 78 valence electrons. The van der Waals surface area contributed by atoms with Crippen molar-refractivity contribution < 1.29 is 22.3 Å². The van der Waals surface area contributed by atoms with Gasteiger partial charge in [0.05, 0.1) is 12.2 Å². The second-order valence-electron chi connectivity index (χ2n) is 2.74. The highest BCUT2D eigenvalue weighted by Crippen LogP contribution is 2.30. The van der Waals surface area contributed by atoms with Gasteiger partial charge in [-0.25, -0.2) is 4.39 Å². The lowest BCUT2D eigenvalue weighted by molar-refractivity contribution is -0.137. The van der Waals surface area contributed by atoms with Gasteiger partial charge in [0.25, 0.3) is 0 Å². The lowest BCUT2D eigenvalue weighted by atomic mass is 10.1. The first-order valence-corrected chi connectivity index (χ1v) is 3.79. The number of halogens is 4. The number of benzene rings is 1. The molecule has 0 spiro atoms. The van der Waals surface area contributed by atoms with E-state index in [1.54, 1.807) is 0 Å². The molecule has 14 heavy (non-hydrogen) atoms. The SMILES string of the molecule is COCc1cc(C(F)(F)F)ccc1F. The Morgan fingerprint density at radius 3 is 2.43 bits per heavy atom. The summed E-state index contributed by atoms with van der Waals surface area (Å²) in [4.78, 5) is 0. The maximum Gasteiger partial charge on any atom is 0.416 e. The van der Waals surface area contributed by atoms with E-state index >= 15 is 0 Å². The van der Waals surface area contributed by atoms with Crippen LogP contribution in [0.1, 0.15) is 11.1 Å². The Balaban J connectivity index is 3.06. The Morgan fingerprint density at radius 2 is 1.93 bits per heavy atom. The normalized spacial score (nSPS) is 11.8. The van der Waals surface area contributed by atoms with Gasteiger partial charge in [-0.15, -0.1) is 0 Å². The van der Waals surface area contributed by atoms with Gasteiger partial charge in [-0.2, -0.15) is 13.2 Å². The predicted molar refractivity (Wildman–Crippen MR) is 42.1 cm³/mol. The molecule has 5 heteroatoms. The molecule has 0 atom stereocenters. The van der Waals surface area contributed by atoms with Crippen LogP contribution in [0.25, 0.3) is 0 Å². The molecular weight excluding hydrogens is 200 g/mol. The summed E-state index contributed by atoms with van der Waals surface area (Å²) in [6, 6.07) is 2.24. The van der Waals surface area contributed by atoms with E-state index < -0.39 is 17.6 Å². The Kier molecular flexibility index (Phi) is 3.10. The highest BCUT2D eigenvalue weighted by atomic mass is 19.4. The number of alkyl halides is 3. The van der Waals surface area contributed by atoms with E-state index in [9.17, 15) is 17.6 Å². The van der Waals surface area contributed by atoms with Crippen LogP contribution in [0.5, 0.6) is 0 Å². The lowest BCUT2D eigenvalue weighted by Gasteiger charge is -2.08. The molecule has 0 aliphatic rings. The third-order valence-electron chi connectivity index (χ3n) is 1.67. The first-order valence-electron chi connectivity index (χ1n) is 3.79. The highest BCUT2D eigenvalue weighted by molar-refractivity contribution is 5.26. The maximum absolute atomic E-state index is 12.9. The summed E-state index contributed by atoms with van der Waals surface area (Å²) in [5.74, 6) is -0.695. The zero-order valence-electron chi connectivity index (χ0n) is 7.36. The second kappa shape index (κ2) is 3.96. The summed E-state index contributed by atoms with van der Waals surface area (Å²) in [7, 11) is 1.29. The van der Waals surface area contributed by atoms with Crippen LogP contribution in [-0.2, 0) is 17.5 Å². The largest absolute Gasteiger partial charge is 0.416 e. The number of ether oxygens (including phenoxy) is 1. The topological polar surface area (TPSA) is 9.23 Å². The zero-order chi connectivity index (χ0) is 10.8. The first-order chi connectivity index (χ1) is 6.45. The standard InChI is InChI=1S/C9H8F4O/c1-14-5-6-4-7(9(11,12)13)2-3-8(6)10/h2-4H,5H2,1H3. The van der Waals surface area contributed by atoms with Crippen LogP contribution in [-0.4, -0.2) is 7.11 Å². The smallest absolute Gasteiger partial charge is 0.380 e. The second-order valence-corrected chi connectivity index (χ2v) is 2.74. The summed E-state index contributed by atoms with van der Waals surface area (Å²) in [5.41, 5.74) is -0.965. The maximum atomic E-state index is 12.9. The van der Waals surface area contributed by atoms with Crippen molar-refractivity contribution >= 4 is 0 Å². The minimum absolute atomic E-state index is 0.0951. The van der Waals surface area contributed by atoms with E-state index in [1.807, 2.05) is 0 Å². The van der Waals surface area contributed by atoms with Crippen molar-refractivity contribution in [3.05, 3.63) is 35.1 Å². The average molecular weight is 208 g/mol. The van der Waals surface area contributed by atoms with E-state index in [4.69, 9.17) is 0 Å². The third-order valence-corrected chi connectivity index (χ3v) is 1.67. The fourth-order valence-electron chi connectivity index (χ4n) is 1.02. The van der Waals surface area contributed by atoms with Crippen molar-refractivity contribution in [3.63, 3.8) is 0 Å². The molecule has 1 aromatic carbocycles. The molecule has 0 saturated carbocycles. The average Bonchev–Trinajstić information content (AvgIpc) is 2.07. The molecule has 0 bridgehead atoms. The Morgan fingerprint density at radius 1 is 1.29 bits per heavy atom. The van der Waals surface area contributed by atoms with Crippen LogP contribution in [0, 0.1) is 5.82 Å².